The van der Waals surface area contributed by atoms with Gasteiger partial charge in [0.1, 0.15) is 11.6 Å². The molecule has 0 fully saturated rings. The van der Waals surface area contributed by atoms with Crippen LogP contribution in [0.4, 0.5) is 5.82 Å². The molecule has 0 unspecified atom stereocenters. The molecule has 3 rings (SSSR count). The summed E-state index contributed by atoms with van der Waals surface area (Å²) in [7, 11) is 1.64. The molecule has 0 spiro atoms. The molecule has 6 heteroatoms. The van der Waals surface area contributed by atoms with E-state index in [1.807, 2.05) is 41.2 Å². The van der Waals surface area contributed by atoms with Gasteiger partial charge >= 0.3 is 0 Å². The zero-order chi connectivity index (χ0) is 15.4. The normalized spacial score (nSPS) is 18.4. The number of anilines is 1. The van der Waals surface area contributed by atoms with Gasteiger partial charge in [-0.3, -0.25) is 0 Å². The van der Waals surface area contributed by atoms with Crippen LogP contribution in [0.1, 0.15) is 11.7 Å². The van der Waals surface area contributed by atoms with Gasteiger partial charge in [-0.1, -0.05) is 12.1 Å². The summed E-state index contributed by atoms with van der Waals surface area (Å²) in [5.41, 5.74) is 0.893. The van der Waals surface area contributed by atoms with Crippen molar-refractivity contribution >= 4 is 5.82 Å². The molecule has 1 aromatic heterocycles. The molecule has 1 aromatic carbocycles. The molecule has 0 aliphatic carbocycles. The highest BCUT2D eigenvalue weighted by molar-refractivity contribution is 5.35. The van der Waals surface area contributed by atoms with Crippen molar-refractivity contribution in [1.29, 1.82) is 0 Å². The minimum atomic E-state index is -0.511. The second-order valence-corrected chi connectivity index (χ2v) is 5.59. The fourth-order valence-electron chi connectivity index (χ4n) is 2.69. The number of nitrogens with zero attached hydrogens (tertiary/aromatic N) is 2. The van der Waals surface area contributed by atoms with Crippen molar-refractivity contribution in [2.45, 2.75) is 12.6 Å². The number of nitrogens with one attached hydrogen (secondary N) is 2. The van der Waals surface area contributed by atoms with Crippen LogP contribution in [0.15, 0.2) is 36.5 Å². The van der Waals surface area contributed by atoms with Gasteiger partial charge in [-0.25, -0.2) is 4.68 Å². The van der Waals surface area contributed by atoms with E-state index in [9.17, 15) is 5.11 Å². The molecule has 1 aliphatic rings. The molecule has 0 saturated carbocycles. The summed E-state index contributed by atoms with van der Waals surface area (Å²) < 4.78 is 7.10. The maximum absolute atomic E-state index is 10.2. The lowest BCUT2D eigenvalue weighted by Crippen LogP contribution is -2.36. The Labute approximate surface area is 130 Å². The van der Waals surface area contributed by atoms with Gasteiger partial charge in [0.25, 0.3) is 0 Å². The lowest BCUT2D eigenvalue weighted by atomic mass is 10.1. The van der Waals surface area contributed by atoms with Crippen LogP contribution < -0.4 is 15.4 Å². The van der Waals surface area contributed by atoms with Crippen molar-refractivity contribution in [1.82, 2.24) is 15.1 Å². The zero-order valence-electron chi connectivity index (χ0n) is 12.7. The van der Waals surface area contributed by atoms with Crippen LogP contribution in [0.2, 0.25) is 0 Å². The Morgan fingerprint density at radius 3 is 3.00 bits per heavy atom. The van der Waals surface area contributed by atoms with E-state index < -0.39 is 6.10 Å². The van der Waals surface area contributed by atoms with Crippen LogP contribution in [0.3, 0.4) is 0 Å². The minimum absolute atomic E-state index is 0.468. The number of ether oxygens (including phenoxy) is 1. The van der Waals surface area contributed by atoms with Crippen molar-refractivity contribution in [2.75, 3.05) is 32.1 Å². The standard InChI is InChI=1S/C16H22N4O2/c1-22-14-4-2-13(3-5-14)15(21)10-17-8-12-9-18-16-6-7-19-20(16)11-12/h2-7,12,15,17-18,21H,8-11H2,1H3/t12-,15-/m1/s1. The summed E-state index contributed by atoms with van der Waals surface area (Å²) in [5, 5.41) is 21.2. The summed E-state index contributed by atoms with van der Waals surface area (Å²) in [6.07, 6.45) is 1.30. The molecule has 0 saturated heterocycles. The number of aliphatic hydroxyl groups is 1. The van der Waals surface area contributed by atoms with E-state index in [0.29, 0.717) is 12.5 Å². The van der Waals surface area contributed by atoms with Crippen molar-refractivity contribution in [2.24, 2.45) is 5.92 Å². The molecule has 0 radical (unpaired) electrons. The number of hydrogen-bond donors (Lipinski definition) is 3. The molecular formula is C16H22N4O2. The zero-order valence-corrected chi connectivity index (χ0v) is 12.7. The van der Waals surface area contributed by atoms with E-state index in [4.69, 9.17) is 4.74 Å². The smallest absolute Gasteiger partial charge is 0.124 e. The lowest BCUT2D eigenvalue weighted by Gasteiger charge is -2.25. The Balaban J connectivity index is 1.44. The Morgan fingerprint density at radius 2 is 2.23 bits per heavy atom. The molecule has 2 heterocycles. The van der Waals surface area contributed by atoms with Crippen LogP contribution in [-0.4, -0.2) is 41.6 Å². The Morgan fingerprint density at radius 1 is 1.41 bits per heavy atom. The highest BCUT2D eigenvalue weighted by Crippen LogP contribution is 2.18. The van der Waals surface area contributed by atoms with Crippen LogP contribution >= 0.6 is 0 Å². The SMILES string of the molecule is COc1ccc([C@H](O)CNC[C@@H]2CNc3ccnn3C2)cc1. The van der Waals surface area contributed by atoms with Crippen molar-refractivity contribution in [3.05, 3.63) is 42.1 Å². The number of benzene rings is 1. The van der Waals surface area contributed by atoms with E-state index in [-0.39, 0.29) is 0 Å². The quantitative estimate of drug-likeness (QED) is 0.749. The van der Waals surface area contributed by atoms with E-state index in [0.717, 1.165) is 36.8 Å². The Kier molecular flexibility index (Phi) is 4.60. The molecule has 22 heavy (non-hydrogen) atoms. The van der Waals surface area contributed by atoms with Crippen LogP contribution in [-0.2, 0) is 6.54 Å². The van der Waals surface area contributed by atoms with Gasteiger partial charge in [0.15, 0.2) is 0 Å². The van der Waals surface area contributed by atoms with Crippen molar-refractivity contribution in [3.8, 4) is 5.75 Å². The van der Waals surface area contributed by atoms with E-state index in [2.05, 4.69) is 15.7 Å². The topological polar surface area (TPSA) is 71.3 Å². The monoisotopic (exact) mass is 302 g/mol. The van der Waals surface area contributed by atoms with Crippen LogP contribution in [0.25, 0.3) is 0 Å². The first-order valence-corrected chi connectivity index (χ1v) is 7.54. The summed E-state index contributed by atoms with van der Waals surface area (Å²) in [4.78, 5) is 0. The predicted molar refractivity (Wildman–Crippen MR) is 85.0 cm³/mol. The number of rotatable bonds is 6. The largest absolute Gasteiger partial charge is 0.497 e. The van der Waals surface area contributed by atoms with Crippen LogP contribution in [0.5, 0.6) is 5.75 Å². The molecule has 1 aliphatic heterocycles. The van der Waals surface area contributed by atoms with E-state index in [1.54, 1.807) is 7.11 Å². The minimum Gasteiger partial charge on any atom is -0.497 e. The average Bonchev–Trinajstić information content (AvgIpc) is 3.02. The number of hydrogen-bond acceptors (Lipinski definition) is 5. The second-order valence-electron chi connectivity index (χ2n) is 5.59. The first kappa shape index (κ1) is 14.9. The predicted octanol–water partition coefficient (Wildman–Crippen LogP) is 1.26. The maximum atomic E-state index is 10.2. The molecular weight excluding hydrogens is 280 g/mol. The average molecular weight is 302 g/mol. The fourth-order valence-corrected chi connectivity index (χ4v) is 2.69. The van der Waals surface area contributed by atoms with Crippen LogP contribution in [0, 0.1) is 5.92 Å². The number of aromatic nitrogens is 2. The number of methoxy groups -OCH3 is 1. The van der Waals surface area contributed by atoms with Crippen molar-refractivity contribution in [3.63, 3.8) is 0 Å². The van der Waals surface area contributed by atoms with Gasteiger partial charge in [-0.15, -0.1) is 0 Å². The molecule has 118 valence electrons. The molecule has 2 aromatic rings. The van der Waals surface area contributed by atoms with E-state index in [1.165, 1.54) is 0 Å². The summed E-state index contributed by atoms with van der Waals surface area (Å²) in [6.45, 7) is 3.21. The number of fused-ring (bicyclic) bond motifs is 1. The second kappa shape index (κ2) is 6.81. The Hall–Kier alpha value is -2.05. The van der Waals surface area contributed by atoms with Gasteiger partial charge in [0.05, 0.1) is 19.4 Å². The third-order valence-electron chi connectivity index (χ3n) is 3.99. The first-order chi connectivity index (χ1) is 10.8. The van der Waals surface area contributed by atoms with Gasteiger partial charge in [-0.05, 0) is 17.7 Å². The highest BCUT2D eigenvalue weighted by Gasteiger charge is 2.18. The Bertz CT molecular complexity index is 596. The summed E-state index contributed by atoms with van der Waals surface area (Å²) in [6, 6.07) is 9.50. The molecule has 6 nitrogen and oxygen atoms in total. The summed E-state index contributed by atoms with van der Waals surface area (Å²) in [5.74, 6) is 2.34. The lowest BCUT2D eigenvalue weighted by molar-refractivity contribution is 0.172. The highest BCUT2D eigenvalue weighted by atomic mass is 16.5. The maximum Gasteiger partial charge on any atom is 0.124 e. The van der Waals surface area contributed by atoms with Crippen molar-refractivity contribution < 1.29 is 9.84 Å². The van der Waals surface area contributed by atoms with Gasteiger partial charge in [-0.2, -0.15) is 5.10 Å². The number of aliphatic hydroxyl groups excluding tert-OH is 1. The third-order valence-corrected chi connectivity index (χ3v) is 3.99. The first-order valence-electron chi connectivity index (χ1n) is 7.54. The van der Waals surface area contributed by atoms with Gasteiger partial charge in [0, 0.05) is 38.2 Å². The fraction of sp³-hybridized carbons (Fsp3) is 0.438. The summed E-state index contributed by atoms with van der Waals surface area (Å²) >= 11 is 0. The molecule has 2 atom stereocenters. The van der Waals surface area contributed by atoms with E-state index >= 15 is 0 Å². The van der Waals surface area contributed by atoms with Gasteiger partial charge in [0.2, 0.25) is 0 Å². The molecule has 3 N–H and O–H groups in total. The molecule has 0 bridgehead atoms. The molecule has 0 amide bonds. The third kappa shape index (κ3) is 3.40. The van der Waals surface area contributed by atoms with Gasteiger partial charge < -0.3 is 20.5 Å².